The highest BCUT2D eigenvalue weighted by Gasteiger charge is 1.86. The Kier molecular flexibility index (Phi) is 7.10. The minimum Gasteiger partial charge on any atom is -0.0885 e. The molecule has 0 spiro atoms. The highest BCUT2D eigenvalue weighted by molar-refractivity contribution is 5.02. The maximum Gasteiger partial charge on any atom is -0.0347 e. The van der Waals surface area contributed by atoms with E-state index in [0.29, 0.717) is 0 Å². The molecule has 0 saturated carbocycles. The molecule has 0 saturated heterocycles. The SMILES string of the molecule is C1=C\CCCC/C=C/CCCC\C=C/1. The van der Waals surface area contributed by atoms with E-state index in [1.165, 1.54) is 51.4 Å². The molecule has 0 aromatic rings. The highest BCUT2D eigenvalue weighted by atomic mass is 13.9. The van der Waals surface area contributed by atoms with Gasteiger partial charge in [0.15, 0.2) is 0 Å². The maximum absolute atomic E-state index is 2.35. The van der Waals surface area contributed by atoms with Crippen molar-refractivity contribution in [3.63, 3.8) is 0 Å². The Hall–Kier alpha value is -0.780. The zero-order chi connectivity index (χ0) is 9.90. The van der Waals surface area contributed by atoms with Crippen LogP contribution < -0.4 is 0 Å². The summed E-state index contributed by atoms with van der Waals surface area (Å²) in [7, 11) is 0. The number of allylic oxidation sites excluding steroid dienone is 6. The van der Waals surface area contributed by atoms with Crippen molar-refractivity contribution in [2.75, 3.05) is 0 Å². The lowest BCUT2D eigenvalue weighted by molar-refractivity contribution is 0.744. The Balaban J connectivity index is 2.25. The summed E-state index contributed by atoms with van der Waals surface area (Å²) in [6.45, 7) is 0. The van der Waals surface area contributed by atoms with Gasteiger partial charge in [-0.2, -0.15) is 0 Å². The van der Waals surface area contributed by atoms with Crippen LogP contribution in [0.5, 0.6) is 0 Å². The van der Waals surface area contributed by atoms with Gasteiger partial charge in [0.2, 0.25) is 0 Å². The first-order chi connectivity index (χ1) is 7.00. The van der Waals surface area contributed by atoms with E-state index in [1.807, 2.05) is 0 Å². The van der Waals surface area contributed by atoms with E-state index in [4.69, 9.17) is 0 Å². The van der Waals surface area contributed by atoms with Gasteiger partial charge < -0.3 is 0 Å². The van der Waals surface area contributed by atoms with Gasteiger partial charge in [-0.25, -0.2) is 0 Å². The molecule has 0 aromatic heterocycles. The second kappa shape index (κ2) is 8.80. The molecule has 0 heteroatoms. The van der Waals surface area contributed by atoms with Crippen LogP contribution in [0.15, 0.2) is 36.5 Å². The van der Waals surface area contributed by atoms with Crippen molar-refractivity contribution in [2.45, 2.75) is 51.4 Å². The Labute approximate surface area is 88.4 Å². The second-order valence-electron chi connectivity index (χ2n) is 3.90. The Bertz CT molecular complexity index is 174. The molecule has 0 fully saturated rings. The fourth-order valence-corrected chi connectivity index (χ4v) is 1.63. The second-order valence-corrected chi connectivity index (χ2v) is 3.90. The van der Waals surface area contributed by atoms with E-state index in [0.717, 1.165) is 0 Å². The predicted octanol–water partition coefficient (Wildman–Crippen LogP) is 4.79. The molecule has 0 aliphatic heterocycles. The zero-order valence-electron chi connectivity index (χ0n) is 9.12. The van der Waals surface area contributed by atoms with Crippen molar-refractivity contribution in [3.8, 4) is 0 Å². The summed E-state index contributed by atoms with van der Waals surface area (Å²) < 4.78 is 0. The Morgan fingerprint density at radius 2 is 0.786 bits per heavy atom. The number of rotatable bonds is 0. The van der Waals surface area contributed by atoms with Crippen LogP contribution in [0.2, 0.25) is 0 Å². The van der Waals surface area contributed by atoms with Crippen molar-refractivity contribution in [3.05, 3.63) is 36.5 Å². The Morgan fingerprint density at radius 3 is 1.21 bits per heavy atom. The van der Waals surface area contributed by atoms with E-state index in [1.54, 1.807) is 0 Å². The van der Waals surface area contributed by atoms with Crippen LogP contribution in [0, 0.1) is 0 Å². The molecular formula is C14H22. The average Bonchev–Trinajstić information content (AvgIpc) is 2.22. The largest absolute Gasteiger partial charge is 0.0885 e. The monoisotopic (exact) mass is 190 g/mol. The summed E-state index contributed by atoms with van der Waals surface area (Å²) in [5.74, 6) is 0. The molecule has 1 aliphatic carbocycles. The molecule has 0 amide bonds. The predicted molar refractivity (Wildman–Crippen MR) is 64.4 cm³/mol. The summed E-state index contributed by atoms with van der Waals surface area (Å²) in [6.07, 6.45) is 24.0. The van der Waals surface area contributed by atoms with Gasteiger partial charge >= 0.3 is 0 Å². The number of hydrogen-bond donors (Lipinski definition) is 0. The van der Waals surface area contributed by atoms with Crippen molar-refractivity contribution < 1.29 is 0 Å². The number of hydrogen-bond acceptors (Lipinski definition) is 0. The van der Waals surface area contributed by atoms with Gasteiger partial charge in [0.05, 0.1) is 0 Å². The van der Waals surface area contributed by atoms with Crippen LogP contribution in [-0.2, 0) is 0 Å². The molecule has 0 atom stereocenters. The Morgan fingerprint density at radius 1 is 0.429 bits per heavy atom. The van der Waals surface area contributed by atoms with Crippen LogP contribution >= 0.6 is 0 Å². The maximum atomic E-state index is 2.35. The highest BCUT2D eigenvalue weighted by Crippen LogP contribution is 2.06. The minimum atomic E-state index is 1.23. The summed E-state index contributed by atoms with van der Waals surface area (Å²) >= 11 is 0. The van der Waals surface area contributed by atoms with Gasteiger partial charge in [0, 0.05) is 0 Å². The molecule has 78 valence electrons. The summed E-state index contributed by atoms with van der Waals surface area (Å²) in [4.78, 5) is 0. The van der Waals surface area contributed by atoms with Gasteiger partial charge in [-0.05, 0) is 51.4 Å². The summed E-state index contributed by atoms with van der Waals surface area (Å²) in [6, 6.07) is 0. The fourth-order valence-electron chi connectivity index (χ4n) is 1.63. The minimum absolute atomic E-state index is 1.23. The molecular weight excluding hydrogens is 168 g/mol. The van der Waals surface area contributed by atoms with E-state index in [-0.39, 0.29) is 0 Å². The molecule has 0 unspecified atom stereocenters. The lowest BCUT2D eigenvalue weighted by Gasteiger charge is -1.95. The molecule has 14 heavy (non-hydrogen) atoms. The van der Waals surface area contributed by atoms with Crippen LogP contribution in [0.1, 0.15) is 51.4 Å². The smallest absolute Gasteiger partial charge is 0.0347 e. The standard InChI is InChI=1S/C14H22/c1-2-4-6-8-10-12-14-13-11-9-7-5-3-1/h1-4,13-14H,5-12H2/b3-1-,4-2-,14-13+. The van der Waals surface area contributed by atoms with Gasteiger partial charge in [0.25, 0.3) is 0 Å². The van der Waals surface area contributed by atoms with Crippen LogP contribution in [0.25, 0.3) is 0 Å². The van der Waals surface area contributed by atoms with Crippen LogP contribution in [-0.4, -0.2) is 0 Å². The van der Waals surface area contributed by atoms with Crippen LogP contribution in [0.3, 0.4) is 0 Å². The van der Waals surface area contributed by atoms with Gasteiger partial charge in [-0.15, -0.1) is 0 Å². The average molecular weight is 190 g/mol. The van der Waals surface area contributed by atoms with Crippen molar-refractivity contribution >= 4 is 0 Å². The topological polar surface area (TPSA) is 0 Å². The van der Waals surface area contributed by atoms with E-state index < -0.39 is 0 Å². The molecule has 0 heterocycles. The van der Waals surface area contributed by atoms with Crippen molar-refractivity contribution in [1.29, 1.82) is 0 Å². The van der Waals surface area contributed by atoms with E-state index in [9.17, 15) is 0 Å². The third-order valence-corrected chi connectivity index (χ3v) is 2.53. The lowest BCUT2D eigenvalue weighted by atomic mass is 10.1. The molecule has 0 nitrogen and oxygen atoms in total. The normalized spacial score (nSPS) is 27.4. The van der Waals surface area contributed by atoms with Gasteiger partial charge in [0.1, 0.15) is 0 Å². The third-order valence-electron chi connectivity index (χ3n) is 2.53. The first-order valence-corrected chi connectivity index (χ1v) is 5.97. The molecule has 1 aliphatic rings. The first kappa shape index (κ1) is 11.3. The van der Waals surface area contributed by atoms with Crippen molar-refractivity contribution in [1.82, 2.24) is 0 Å². The fraction of sp³-hybridized carbons (Fsp3) is 0.571. The molecule has 0 aromatic carbocycles. The lowest BCUT2D eigenvalue weighted by Crippen LogP contribution is -1.75. The third kappa shape index (κ3) is 6.71. The molecule has 0 bridgehead atoms. The van der Waals surface area contributed by atoms with Crippen LogP contribution in [0.4, 0.5) is 0 Å². The van der Waals surface area contributed by atoms with E-state index in [2.05, 4.69) is 36.5 Å². The molecule has 0 N–H and O–H groups in total. The summed E-state index contributed by atoms with van der Waals surface area (Å²) in [5.41, 5.74) is 0. The zero-order valence-corrected chi connectivity index (χ0v) is 9.12. The molecule has 0 radical (unpaired) electrons. The van der Waals surface area contributed by atoms with Crippen molar-refractivity contribution in [2.24, 2.45) is 0 Å². The molecule has 1 rings (SSSR count). The van der Waals surface area contributed by atoms with Gasteiger partial charge in [-0.1, -0.05) is 36.5 Å². The van der Waals surface area contributed by atoms with E-state index >= 15 is 0 Å². The van der Waals surface area contributed by atoms with Gasteiger partial charge in [-0.3, -0.25) is 0 Å². The first-order valence-electron chi connectivity index (χ1n) is 5.97. The quantitative estimate of drug-likeness (QED) is 0.482. The summed E-state index contributed by atoms with van der Waals surface area (Å²) in [5, 5.41) is 0.